The number of hydrogen-bond donors (Lipinski definition) is 1. The summed E-state index contributed by atoms with van der Waals surface area (Å²) < 4.78 is 0. The highest BCUT2D eigenvalue weighted by molar-refractivity contribution is 5.46. The first-order valence-electron chi connectivity index (χ1n) is 7.24. The molecular formula is C15H25N3. The van der Waals surface area contributed by atoms with Crippen LogP contribution in [-0.2, 0) is 6.54 Å². The third-order valence-corrected chi connectivity index (χ3v) is 3.91. The SMILES string of the molecule is CCNCc1cc(N2CCC(CC)CC2)ccn1. The lowest BCUT2D eigenvalue weighted by Crippen LogP contribution is -2.33. The Labute approximate surface area is 111 Å². The van der Waals surface area contributed by atoms with Crippen molar-refractivity contribution in [2.24, 2.45) is 5.92 Å². The minimum atomic E-state index is 0.871. The van der Waals surface area contributed by atoms with E-state index in [9.17, 15) is 0 Å². The molecule has 1 aliphatic heterocycles. The average molecular weight is 247 g/mol. The first kappa shape index (κ1) is 13.3. The lowest BCUT2D eigenvalue weighted by Gasteiger charge is -2.33. The number of anilines is 1. The Morgan fingerprint density at radius 3 is 2.78 bits per heavy atom. The van der Waals surface area contributed by atoms with Gasteiger partial charge < -0.3 is 10.2 Å². The summed E-state index contributed by atoms with van der Waals surface area (Å²) in [5.74, 6) is 0.935. The summed E-state index contributed by atoms with van der Waals surface area (Å²) in [7, 11) is 0. The second-order valence-corrected chi connectivity index (χ2v) is 5.12. The van der Waals surface area contributed by atoms with Gasteiger partial charge in [-0.3, -0.25) is 4.98 Å². The molecule has 0 atom stereocenters. The molecule has 1 aromatic heterocycles. The summed E-state index contributed by atoms with van der Waals surface area (Å²) >= 11 is 0. The second-order valence-electron chi connectivity index (χ2n) is 5.12. The van der Waals surface area contributed by atoms with Crippen LogP contribution in [0.1, 0.15) is 38.8 Å². The molecule has 3 heteroatoms. The molecule has 0 unspecified atom stereocenters. The van der Waals surface area contributed by atoms with Crippen molar-refractivity contribution in [3.05, 3.63) is 24.0 Å². The Hall–Kier alpha value is -1.09. The molecule has 1 saturated heterocycles. The van der Waals surface area contributed by atoms with Crippen molar-refractivity contribution in [2.45, 2.75) is 39.7 Å². The van der Waals surface area contributed by atoms with Gasteiger partial charge in [-0.25, -0.2) is 0 Å². The molecular weight excluding hydrogens is 222 g/mol. The van der Waals surface area contributed by atoms with Crippen molar-refractivity contribution in [3.63, 3.8) is 0 Å². The molecule has 1 aliphatic rings. The van der Waals surface area contributed by atoms with Crippen LogP contribution in [-0.4, -0.2) is 24.6 Å². The van der Waals surface area contributed by atoms with Crippen molar-refractivity contribution >= 4 is 5.69 Å². The van der Waals surface area contributed by atoms with Gasteiger partial charge in [-0.15, -0.1) is 0 Å². The smallest absolute Gasteiger partial charge is 0.0562 e. The van der Waals surface area contributed by atoms with E-state index in [0.29, 0.717) is 0 Å². The summed E-state index contributed by atoms with van der Waals surface area (Å²) in [6, 6.07) is 4.37. The predicted molar refractivity (Wildman–Crippen MR) is 76.8 cm³/mol. The van der Waals surface area contributed by atoms with E-state index < -0.39 is 0 Å². The third-order valence-electron chi connectivity index (χ3n) is 3.91. The Morgan fingerprint density at radius 1 is 1.33 bits per heavy atom. The molecule has 2 heterocycles. The van der Waals surface area contributed by atoms with E-state index in [1.807, 2.05) is 6.20 Å². The van der Waals surface area contributed by atoms with E-state index in [1.165, 1.54) is 38.0 Å². The Bertz CT molecular complexity index is 357. The predicted octanol–water partition coefficient (Wildman–Crippen LogP) is 2.82. The topological polar surface area (TPSA) is 28.2 Å². The standard InChI is InChI=1S/C15H25N3/c1-3-13-6-9-18(10-7-13)15-5-8-17-14(11-15)12-16-4-2/h5,8,11,13,16H,3-4,6-7,9-10,12H2,1-2H3. The van der Waals surface area contributed by atoms with Crippen LogP contribution >= 0.6 is 0 Å². The van der Waals surface area contributed by atoms with Crippen molar-refractivity contribution in [2.75, 3.05) is 24.5 Å². The van der Waals surface area contributed by atoms with Crippen molar-refractivity contribution in [1.29, 1.82) is 0 Å². The first-order valence-corrected chi connectivity index (χ1v) is 7.24. The molecule has 1 fully saturated rings. The normalized spacial score (nSPS) is 17.1. The van der Waals surface area contributed by atoms with Crippen LogP contribution in [0.15, 0.2) is 18.3 Å². The summed E-state index contributed by atoms with van der Waals surface area (Å²) in [5, 5.41) is 3.33. The highest BCUT2D eigenvalue weighted by Crippen LogP contribution is 2.24. The highest BCUT2D eigenvalue weighted by Gasteiger charge is 2.18. The Kier molecular flexibility index (Phi) is 5.00. The Morgan fingerprint density at radius 2 is 2.11 bits per heavy atom. The van der Waals surface area contributed by atoms with Crippen LogP contribution in [0.4, 0.5) is 5.69 Å². The average Bonchev–Trinajstić information content (AvgIpc) is 2.45. The van der Waals surface area contributed by atoms with Crippen LogP contribution in [0.5, 0.6) is 0 Å². The van der Waals surface area contributed by atoms with Crippen LogP contribution in [0.3, 0.4) is 0 Å². The molecule has 0 radical (unpaired) electrons. The quantitative estimate of drug-likeness (QED) is 0.867. The van der Waals surface area contributed by atoms with Gasteiger partial charge in [-0.2, -0.15) is 0 Å². The van der Waals surface area contributed by atoms with Gasteiger partial charge in [0, 0.05) is 31.5 Å². The number of aromatic nitrogens is 1. The lowest BCUT2D eigenvalue weighted by atomic mass is 9.94. The van der Waals surface area contributed by atoms with E-state index in [0.717, 1.165) is 24.7 Å². The van der Waals surface area contributed by atoms with E-state index in [4.69, 9.17) is 0 Å². The minimum Gasteiger partial charge on any atom is -0.371 e. The van der Waals surface area contributed by atoms with E-state index >= 15 is 0 Å². The molecule has 0 amide bonds. The van der Waals surface area contributed by atoms with E-state index in [-0.39, 0.29) is 0 Å². The number of rotatable bonds is 5. The fourth-order valence-corrected chi connectivity index (χ4v) is 2.61. The van der Waals surface area contributed by atoms with Crippen LogP contribution in [0, 0.1) is 5.92 Å². The van der Waals surface area contributed by atoms with Gasteiger partial charge in [0.1, 0.15) is 0 Å². The molecule has 0 bridgehead atoms. The van der Waals surface area contributed by atoms with Gasteiger partial charge in [0.05, 0.1) is 5.69 Å². The molecule has 18 heavy (non-hydrogen) atoms. The molecule has 1 N–H and O–H groups in total. The molecule has 0 spiro atoms. The molecule has 0 aromatic carbocycles. The first-order chi connectivity index (χ1) is 8.83. The fraction of sp³-hybridized carbons (Fsp3) is 0.667. The van der Waals surface area contributed by atoms with Gasteiger partial charge >= 0.3 is 0 Å². The van der Waals surface area contributed by atoms with E-state index in [1.54, 1.807) is 0 Å². The van der Waals surface area contributed by atoms with Crippen molar-refractivity contribution < 1.29 is 0 Å². The van der Waals surface area contributed by atoms with Crippen LogP contribution < -0.4 is 10.2 Å². The minimum absolute atomic E-state index is 0.871. The molecule has 0 saturated carbocycles. The highest BCUT2D eigenvalue weighted by atomic mass is 15.1. The number of piperidine rings is 1. The maximum atomic E-state index is 4.41. The fourth-order valence-electron chi connectivity index (χ4n) is 2.61. The molecule has 0 aliphatic carbocycles. The zero-order valence-corrected chi connectivity index (χ0v) is 11.7. The maximum Gasteiger partial charge on any atom is 0.0562 e. The zero-order valence-electron chi connectivity index (χ0n) is 11.7. The Balaban J connectivity index is 1.96. The maximum absolute atomic E-state index is 4.41. The molecule has 1 aromatic rings. The van der Waals surface area contributed by atoms with Gasteiger partial charge in [-0.1, -0.05) is 20.3 Å². The summed E-state index contributed by atoms with van der Waals surface area (Å²) in [4.78, 5) is 6.92. The van der Waals surface area contributed by atoms with Gasteiger partial charge in [0.15, 0.2) is 0 Å². The van der Waals surface area contributed by atoms with Gasteiger partial charge in [0.2, 0.25) is 0 Å². The van der Waals surface area contributed by atoms with Crippen molar-refractivity contribution in [3.8, 4) is 0 Å². The molecule has 3 nitrogen and oxygen atoms in total. The van der Waals surface area contributed by atoms with Crippen LogP contribution in [0.25, 0.3) is 0 Å². The second kappa shape index (κ2) is 6.74. The monoisotopic (exact) mass is 247 g/mol. The largest absolute Gasteiger partial charge is 0.371 e. The number of nitrogens with zero attached hydrogens (tertiary/aromatic N) is 2. The summed E-state index contributed by atoms with van der Waals surface area (Å²) in [5.41, 5.74) is 2.49. The van der Waals surface area contributed by atoms with Gasteiger partial charge in [0.25, 0.3) is 0 Å². The van der Waals surface area contributed by atoms with Gasteiger partial charge in [-0.05, 0) is 37.4 Å². The van der Waals surface area contributed by atoms with Crippen LogP contribution in [0.2, 0.25) is 0 Å². The summed E-state index contributed by atoms with van der Waals surface area (Å²) in [6.45, 7) is 8.69. The lowest BCUT2D eigenvalue weighted by molar-refractivity contribution is 0.395. The van der Waals surface area contributed by atoms with Crippen molar-refractivity contribution in [1.82, 2.24) is 10.3 Å². The third kappa shape index (κ3) is 3.45. The number of pyridine rings is 1. The molecule has 2 rings (SSSR count). The zero-order chi connectivity index (χ0) is 12.8. The number of hydrogen-bond acceptors (Lipinski definition) is 3. The van der Waals surface area contributed by atoms with E-state index in [2.05, 4.69) is 41.2 Å². The summed E-state index contributed by atoms with van der Waals surface area (Å²) in [6.07, 6.45) is 5.94. The number of nitrogens with one attached hydrogen (secondary N) is 1. The molecule has 100 valence electrons.